The third-order valence-corrected chi connectivity index (χ3v) is 6.82. The van der Waals surface area contributed by atoms with Gasteiger partial charge in [-0.1, -0.05) is 36.4 Å². The number of carbonyl (C=O) groups is 2. The number of thiophene rings is 1. The second-order valence-electron chi connectivity index (χ2n) is 8.15. The van der Waals surface area contributed by atoms with Crippen LogP contribution in [0.5, 0.6) is 0 Å². The van der Waals surface area contributed by atoms with E-state index in [1.54, 1.807) is 4.90 Å². The lowest BCUT2D eigenvalue weighted by Crippen LogP contribution is -2.52. The van der Waals surface area contributed by atoms with E-state index in [2.05, 4.69) is 15.1 Å². The lowest BCUT2D eigenvalue weighted by Gasteiger charge is -2.36. The summed E-state index contributed by atoms with van der Waals surface area (Å²) in [5, 5.41) is 10.7. The summed E-state index contributed by atoms with van der Waals surface area (Å²) in [4.78, 5) is 32.2. The van der Waals surface area contributed by atoms with Crippen LogP contribution in [0, 0.1) is 0 Å². The molecule has 164 valence electrons. The van der Waals surface area contributed by atoms with Crippen molar-refractivity contribution in [1.82, 2.24) is 20.0 Å². The molecule has 3 aromatic rings. The molecule has 0 spiro atoms. The third-order valence-electron chi connectivity index (χ3n) is 5.96. The number of nitrogens with zero attached hydrogens (tertiary/aromatic N) is 5. The topological polar surface area (TPSA) is 69.6 Å². The first-order valence-electron chi connectivity index (χ1n) is 11.0. The van der Waals surface area contributed by atoms with E-state index in [-0.39, 0.29) is 24.4 Å². The van der Waals surface area contributed by atoms with Gasteiger partial charge in [0.1, 0.15) is 6.54 Å². The Morgan fingerprint density at radius 3 is 2.34 bits per heavy atom. The standard InChI is InChI=1S/C24H25N5O2S/c30-23(17-29(19-8-9-19)24(31)21-7-4-16-32-21)28-14-12-27(13-15-28)22-11-10-20(25-26-22)18-5-2-1-3-6-18/h1-7,10-11,16,19H,8-9,12-15,17H2. The number of hydrogen-bond acceptors (Lipinski definition) is 6. The summed E-state index contributed by atoms with van der Waals surface area (Å²) < 4.78 is 0. The third kappa shape index (κ3) is 4.50. The van der Waals surface area contributed by atoms with E-state index in [0.29, 0.717) is 31.1 Å². The minimum Gasteiger partial charge on any atom is -0.352 e. The Kier molecular flexibility index (Phi) is 5.85. The average molecular weight is 448 g/mol. The molecule has 0 unspecified atom stereocenters. The van der Waals surface area contributed by atoms with Gasteiger partial charge in [0.2, 0.25) is 5.91 Å². The Morgan fingerprint density at radius 2 is 1.72 bits per heavy atom. The van der Waals surface area contributed by atoms with E-state index in [9.17, 15) is 9.59 Å². The fraction of sp³-hybridized carbons (Fsp3) is 0.333. The van der Waals surface area contributed by atoms with Gasteiger partial charge in [0.25, 0.3) is 5.91 Å². The van der Waals surface area contributed by atoms with Gasteiger partial charge in [0.05, 0.1) is 10.6 Å². The molecule has 8 heteroatoms. The zero-order chi connectivity index (χ0) is 21.9. The molecule has 2 aromatic heterocycles. The molecular formula is C24H25N5O2S. The summed E-state index contributed by atoms with van der Waals surface area (Å²) in [7, 11) is 0. The van der Waals surface area contributed by atoms with Crippen molar-refractivity contribution in [1.29, 1.82) is 0 Å². The van der Waals surface area contributed by atoms with E-state index in [0.717, 1.165) is 29.9 Å². The zero-order valence-corrected chi connectivity index (χ0v) is 18.6. The summed E-state index contributed by atoms with van der Waals surface area (Å²) >= 11 is 1.43. The highest BCUT2D eigenvalue weighted by molar-refractivity contribution is 7.12. The summed E-state index contributed by atoms with van der Waals surface area (Å²) in [5.41, 5.74) is 1.89. The monoisotopic (exact) mass is 447 g/mol. The van der Waals surface area contributed by atoms with Crippen molar-refractivity contribution in [2.45, 2.75) is 18.9 Å². The van der Waals surface area contributed by atoms with E-state index < -0.39 is 0 Å². The van der Waals surface area contributed by atoms with Gasteiger partial charge < -0.3 is 14.7 Å². The second-order valence-corrected chi connectivity index (χ2v) is 9.10. The molecule has 32 heavy (non-hydrogen) atoms. The van der Waals surface area contributed by atoms with Crippen molar-refractivity contribution in [2.24, 2.45) is 0 Å². The molecule has 1 aromatic carbocycles. The van der Waals surface area contributed by atoms with Gasteiger partial charge >= 0.3 is 0 Å². The molecule has 1 saturated carbocycles. The number of hydrogen-bond donors (Lipinski definition) is 0. The molecule has 2 fully saturated rings. The number of anilines is 1. The summed E-state index contributed by atoms with van der Waals surface area (Å²) in [6.45, 7) is 2.80. The summed E-state index contributed by atoms with van der Waals surface area (Å²) in [6.07, 6.45) is 1.96. The minimum absolute atomic E-state index is 0.0203. The molecule has 1 aliphatic heterocycles. The van der Waals surface area contributed by atoms with Gasteiger partial charge in [-0.15, -0.1) is 21.5 Å². The first-order valence-corrected chi connectivity index (χ1v) is 11.8. The quantitative estimate of drug-likeness (QED) is 0.581. The highest BCUT2D eigenvalue weighted by atomic mass is 32.1. The van der Waals surface area contributed by atoms with Crippen LogP contribution in [0.1, 0.15) is 22.5 Å². The molecule has 0 N–H and O–H groups in total. The molecular weight excluding hydrogens is 422 g/mol. The molecule has 3 heterocycles. The van der Waals surface area contributed by atoms with Gasteiger partial charge in [-0.25, -0.2) is 0 Å². The van der Waals surface area contributed by atoms with Crippen LogP contribution >= 0.6 is 11.3 Å². The number of rotatable bonds is 6. The second kappa shape index (κ2) is 9.08. The molecule has 2 amide bonds. The first kappa shape index (κ1) is 20.6. The Labute approximate surface area is 191 Å². The molecule has 1 aliphatic carbocycles. The number of aromatic nitrogens is 2. The fourth-order valence-electron chi connectivity index (χ4n) is 3.98. The molecule has 7 nitrogen and oxygen atoms in total. The van der Waals surface area contributed by atoms with Gasteiger partial charge in [-0.05, 0) is 36.4 Å². The Bertz CT molecular complexity index is 1060. The van der Waals surface area contributed by atoms with Crippen LogP contribution in [0.15, 0.2) is 60.0 Å². The van der Waals surface area contributed by atoms with Crippen LogP contribution in [0.3, 0.4) is 0 Å². The Morgan fingerprint density at radius 1 is 0.938 bits per heavy atom. The lowest BCUT2D eigenvalue weighted by molar-refractivity contribution is -0.132. The average Bonchev–Trinajstić information content (AvgIpc) is 3.55. The van der Waals surface area contributed by atoms with Crippen molar-refractivity contribution in [3.05, 3.63) is 64.9 Å². The molecule has 5 rings (SSSR count). The van der Waals surface area contributed by atoms with Crippen molar-refractivity contribution >= 4 is 29.0 Å². The van der Waals surface area contributed by atoms with Gasteiger partial charge in [-0.2, -0.15) is 0 Å². The Hall–Kier alpha value is -3.26. The highest BCUT2D eigenvalue weighted by Gasteiger charge is 2.36. The van der Waals surface area contributed by atoms with Crippen LogP contribution in [0.4, 0.5) is 5.82 Å². The van der Waals surface area contributed by atoms with E-state index >= 15 is 0 Å². The Balaban J connectivity index is 1.17. The van der Waals surface area contributed by atoms with Gasteiger partial charge in [-0.3, -0.25) is 9.59 Å². The van der Waals surface area contributed by atoms with Crippen molar-refractivity contribution in [2.75, 3.05) is 37.6 Å². The van der Waals surface area contributed by atoms with Crippen molar-refractivity contribution < 1.29 is 9.59 Å². The van der Waals surface area contributed by atoms with E-state index in [1.165, 1.54) is 11.3 Å². The maximum absolute atomic E-state index is 12.9. The molecule has 1 saturated heterocycles. The SMILES string of the molecule is O=C(CN(C(=O)c1cccs1)C1CC1)N1CCN(c2ccc(-c3ccccc3)nn2)CC1. The fourth-order valence-corrected chi connectivity index (χ4v) is 4.66. The van der Waals surface area contributed by atoms with Crippen molar-refractivity contribution in [3.8, 4) is 11.3 Å². The minimum atomic E-state index is -0.0248. The predicted octanol–water partition coefficient (Wildman–Crippen LogP) is 3.16. The van der Waals surface area contributed by atoms with Crippen LogP contribution in [-0.2, 0) is 4.79 Å². The van der Waals surface area contributed by atoms with Gasteiger partial charge in [0.15, 0.2) is 5.82 Å². The van der Waals surface area contributed by atoms with E-state index in [1.807, 2.05) is 64.9 Å². The first-order chi connectivity index (χ1) is 15.7. The smallest absolute Gasteiger partial charge is 0.264 e. The van der Waals surface area contributed by atoms with Crippen LogP contribution in [0.2, 0.25) is 0 Å². The maximum atomic E-state index is 12.9. The molecule has 0 bridgehead atoms. The molecule has 0 atom stereocenters. The number of amides is 2. The summed E-state index contributed by atoms with van der Waals surface area (Å²) in [5.74, 6) is 0.819. The normalized spacial score (nSPS) is 16.1. The van der Waals surface area contributed by atoms with Crippen LogP contribution in [-0.4, -0.2) is 70.6 Å². The van der Waals surface area contributed by atoms with Crippen LogP contribution < -0.4 is 4.90 Å². The highest BCUT2D eigenvalue weighted by Crippen LogP contribution is 2.29. The number of piperazine rings is 1. The molecule has 2 aliphatic rings. The molecule has 0 radical (unpaired) electrons. The number of carbonyl (C=O) groups excluding carboxylic acids is 2. The van der Waals surface area contributed by atoms with Gasteiger partial charge in [0, 0.05) is 37.8 Å². The van der Waals surface area contributed by atoms with Crippen LogP contribution in [0.25, 0.3) is 11.3 Å². The predicted molar refractivity (Wildman–Crippen MR) is 125 cm³/mol. The lowest BCUT2D eigenvalue weighted by atomic mass is 10.1. The largest absolute Gasteiger partial charge is 0.352 e. The zero-order valence-electron chi connectivity index (χ0n) is 17.8. The maximum Gasteiger partial charge on any atom is 0.264 e. The summed E-state index contributed by atoms with van der Waals surface area (Å²) in [6, 6.07) is 17.9. The van der Waals surface area contributed by atoms with E-state index in [4.69, 9.17) is 0 Å². The van der Waals surface area contributed by atoms with Crippen molar-refractivity contribution in [3.63, 3.8) is 0 Å². The number of benzene rings is 1.